The van der Waals surface area contributed by atoms with E-state index in [1.54, 1.807) is 6.07 Å². The van der Waals surface area contributed by atoms with Gasteiger partial charge >= 0.3 is 0 Å². The summed E-state index contributed by atoms with van der Waals surface area (Å²) in [4.78, 5) is 13.1. The van der Waals surface area contributed by atoms with Crippen molar-refractivity contribution in [2.45, 2.75) is 26.2 Å². The third-order valence-electron chi connectivity index (χ3n) is 3.46. The summed E-state index contributed by atoms with van der Waals surface area (Å²) in [5.74, 6) is 0.810. The monoisotopic (exact) mass is 251 g/mol. The molecule has 0 aliphatic carbocycles. The molecule has 17 heavy (non-hydrogen) atoms. The van der Waals surface area contributed by atoms with Crippen molar-refractivity contribution in [3.63, 3.8) is 0 Å². The van der Waals surface area contributed by atoms with Gasteiger partial charge in [-0.3, -0.25) is 4.79 Å². The Hall–Kier alpha value is -1.02. The predicted molar refractivity (Wildman–Crippen MR) is 72.1 cm³/mol. The average Bonchev–Trinajstić information content (AvgIpc) is 2.78. The van der Waals surface area contributed by atoms with E-state index in [2.05, 4.69) is 11.8 Å². The second-order valence-electron chi connectivity index (χ2n) is 4.71. The van der Waals surface area contributed by atoms with Crippen molar-refractivity contribution in [3.05, 3.63) is 28.8 Å². The van der Waals surface area contributed by atoms with Crippen LogP contribution in [0.1, 0.15) is 36.5 Å². The molecule has 1 atom stereocenters. The summed E-state index contributed by atoms with van der Waals surface area (Å²) in [5.41, 5.74) is 1.71. The van der Waals surface area contributed by atoms with Gasteiger partial charge < -0.3 is 4.90 Å². The number of aldehydes is 1. The first-order chi connectivity index (χ1) is 8.24. The molecular formula is C14H18ClNO. The van der Waals surface area contributed by atoms with Crippen LogP contribution in [0.4, 0.5) is 5.69 Å². The Bertz CT molecular complexity index is 405. The van der Waals surface area contributed by atoms with E-state index in [1.165, 1.54) is 19.3 Å². The van der Waals surface area contributed by atoms with E-state index in [-0.39, 0.29) is 0 Å². The van der Waals surface area contributed by atoms with E-state index in [1.807, 2.05) is 12.1 Å². The van der Waals surface area contributed by atoms with Crippen LogP contribution in [0.3, 0.4) is 0 Å². The molecule has 0 saturated carbocycles. The van der Waals surface area contributed by atoms with Gasteiger partial charge in [0.15, 0.2) is 6.29 Å². The van der Waals surface area contributed by atoms with Crippen LogP contribution in [0.25, 0.3) is 0 Å². The quantitative estimate of drug-likeness (QED) is 0.759. The third-order valence-corrected chi connectivity index (χ3v) is 3.79. The van der Waals surface area contributed by atoms with Crippen LogP contribution in [-0.4, -0.2) is 19.4 Å². The first-order valence-electron chi connectivity index (χ1n) is 6.24. The van der Waals surface area contributed by atoms with Crippen molar-refractivity contribution in [2.24, 2.45) is 5.92 Å². The van der Waals surface area contributed by atoms with Crippen LogP contribution in [0.15, 0.2) is 18.2 Å². The van der Waals surface area contributed by atoms with Crippen molar-refractivity contribution in [3.8, 4) is 0 Å². The van der Waals surface area contributed by atoms with Crippen LogP contribution < -0.4 is 4.90 Å². The van der Waals surface area contributed by atoms with Crippen molar-refractivity contribution in [1.29, 1.82) is 0 Å². The molecule has 0 radical (unpaired) electrons. The van der Waals surface area contributed by atoms with Gasteiger partial charge in [0.25, 0.3) is 0 Å². The summed E-state index contributed by atoms with van der Waals surface area (Å²) < 4.78 is 0. The van der Waals surface area contributed by atoms with Crippen molar-refractivity contribution < 1.29 is 4.79 Å². The van der Waals surface area contributed by atoms with E-state index in [4.69, 9.17) is 11.6 Å². The molecule has 1 aliphatic heterocycles. The number of hydrogen-bond acceptors (Lipinski definition) is 2. The van der Waals surface area contributed by atoms with E-state index in [0.717, 1.165) is 31.0 Å². The fourth-order valence-electron chi connectivity index (χ4n) is 2.52. The molecule has 0 N–H and O–H groups in total. The lowest BCUT2D eigenvalue weighted by atomic mass is 10.0. The van der Waals surface area contributed by atoms with Crippen LogP contribution >= 0.6 is 11.6 Å². The maximum atomic E-state index is 10.7. The number of rotatable bonds is 4. The molecule has 0 aromatic heterocycles. The standard InChI is InChI=1S/C14H18ClNO/c1-2-3-11-6-7-16(9-11)13-5-4-12(10-17)14(15)8-13/h4-5,8,10-11H,2-3,6-7,9H2,1H3. The number of benzene rings is 1. The highest BCUT2D eigenvalue weighted by atomic mass is 35.5. The lowest BCUT2D eigenvalue weighted by Crippen LogP contribution is -2.19. The molecule has 0 bridgehead atoms. The van der Waals surface area contributed by atoms with Crippen molar-refractivity contribution >= 4 is 23.6 Å². The smallest absolute Gasteiger partial charge is 0.151 e. The highest BCUT2D eigenvalue weighted by Gasteiger charge is 2.22. The molecule has 1 aromatic carbocycles. The van der Waals surface area contributed by atoms with Gasteiger partial charge in [-0.25, -0.2) is 0 Å². The molecule has 1 saturated heterocycles. The summed E-state index contributed by atoms with van der Waals surface area (Å²) in [5, 5.41) is 0.552. The van der Waals surface area contributed by atoms with Crippen LogP contribution in [-0.2, 0) is 0 Å². The Labute approximate surface area is 108 Å². The minimum atomic E-state index is 0.552. The second kappa shape index (κ2) is 5.54. The lowest BCUT2D eigenvalue weighted by Gasteiger charge is -2.19. The molecule has 3 heteroatoms. The van der Waals surface area contributed by atoms with E-state index >= 15 is 0 Å². The lowest BCUT2D eigenvalue weighted by molar-refractivity contribution is 0.112. The average molecular weight is 252 g/mol. The number of halogens is 1. The Morgan fingerprint density at radius 2 is 2.35 bits per heavy atom. The van der Waals surface area contributed by atoms with Crippen LogP contribution in [0, 0.1) is 5.92 Å². The zero-order valence-electron chi connectivity index (χ0n) is 10.2. The summed E-state index contributed by atoms with van der Waals surface area (Å²) >= 11 is 6.05. The Kier molecular flexibility index (Phi) is 4.06. The first kappa shape index (κ1) is 12.4. The first-order valence-corrected chi connectivity index (χ1v) is 6.62. The largest absolute Gasteiger partial charge is 0.371 e. The molecule has 0 amide bonds. The molecule has 1 heterocycles. The van der Waals surface area contributed by atoms with Gasteiger partial charge in [0.2, 0.25) is 0 Å². The van der Waals surface area contributed by atoms with Gasteiger partial charge in [0, 0.05) is 24.3 Å². The fraction of sp³-hybridized carbons (Fsp3) is 0.500. The number of nitrogens with zero attached hydrogens (tertiary/aromatic N) is 1. The minimum absolute atomic E-state index is 0.552. The van der Waals surface area contributed by atoms with E-state index in [0.29, 0.717) is 10.6 Å². The molecular weight excluding hydrogens is 234 g/mol. The Morgan fingerprint density at radius 1 is 1.53 bits per heavy atom. The van der Waals surface area contributed by atoms with E-state index < -0.39 is 0 Å². The second-order valence-corrected chi connectivity index (χ2v) is 5.12. The van der Waals surface area contributed by atoms with Gasteiger partial charge in [0.05, 0.1) is 5.02 Å². The topological polar surface area (TPSA) is 20.3 Å². The molecule has 1 fully saturated rings. The maximum Gasteiger partial charge on any atom is 0.151 e. The summed E-state index contributed by atoms with van der Waals surface area (Å²) in [6.45, 7) is 4.45. The molecule has 92 valence electrons. The number of anilines is 1. The molecule has 2 rings (SSSR count). The summed E-state index contributed by atoms with van der Waals surface area (Å²) in [6.07, 6.45) is 4.62. The summed E-state index contributed by atoms with van der Waals surface area (Å²) in [6, 6.07) is 5.70. The molecule has 1 aromatic rings. The molecule has 1 unspecified atom stereocenters. The molecule has 2 nitrogen and oxygen atoms in total. The predicted octanol–water partition coefficient (Wildman–Crippen LogP) is 3.78. The highest BCUT2D eigenvalue weighted by molar-refractivity contribution is 6.33. The third kappa shape index (κ3) is 2.81. The Balaban J connectivity index is 2.08. The normalized spacial score (nSPS) is 19.6. The molecule has 1 aliphatic rings. The van der Waals surface area contributed by atoms with Gasteiger partial charge in [-0.2, -0.15) is 0 Å². The van der Waals surface area contributed by atoms with Gasteiger partial charge in [-0.15, -0.1) is 0 Å². The van der Waals surface area contributed by atoms with Crippen LogP contribution in [0.5, 0.6) is 0 Å². The van der Waals surface area contributed by atoms with Crippen LogP contribution in [0.2, 0.25) is 5.02 Å². The highest BCUT2D eigenvalue weighted by Crippen LogP contribution is 2.29. The van der Waals surface area contributed by atoms with E-state index in [9.17, 15) is 4.79 Å². The number of hydrogen-bond donors (Lipinski definition) is 0. The Morgan fingerprint density at radius 3 is 3.00 bits per heavy atom. The minimum Gasteiger partial charge on any atom is -0.371 e. The van der Waals surface area contributed by atoms with Gasteiger partial charge in [-0.1, -0.05) is 24.9 Å². The summed E-state index contributed by atoms with van der Waals surface area (Å²) in [7, 11) is 0. The SMILES string of the molecule is CCCC1CCN(c2ccc(C=O)c(Cl)c2)C1. The zero-order valence-corrected chi connectivity index (χ0v) is 10.9. The van der Waals surface area contributed by atoms with Gasteiger partial charge in [0.1, 0.15) is 0 Å². The molecule has 0 spiro atoms. The fourth-order valence-corrected chi connectivity index (χ4v) is 2.74. The van der Waals surface area contributed by atoms with Gasteiger partial charge in [-0.05, 0) is 37.0 Å². The van der Waals surface area contributed by atoms with Crippen molar-refractivity contribution in [2.75, 3.05) is 18.0 Å². The number of carbonyl (C=O) groups is 1. The maximum absolute atomic E-state index is 10.7. The van der Waals surface area contributed by atoms with Crippen molar-refractivity contribution in [1.82, 2.24) is 0 Å². The number of carbonyl (C=O) groups excluding carboxylic acids is 1. The zero-order chi connectivity index (χ0) is 12.3.